The molecule has 3 nitrogen and oxygen atoms in total. The van der Waals surface area contributed by atoms with E-state index < -0.39 is 0 Å². The highest BCUT2D eigenvalue weighted by atomic mass is 19.1. The standard InChI is InChI=1S/C19H20FNO2/c1-2-23-19(22)16-12-21-17-8-4-6-14(18(16)17)10-9-13-5-3-7-15(20)11-13/h3,5,7,11,16-17,21H,2,4,6,8,12H2,1H3/t16-,17+/m1/s1. The van der Waals surface area contributed by atoms with Gasteiger partial charge in [0.05, 0.1) is 12.5 Å². The summed E-state index contributed by atoms with van der Waals surface area (Å²) in [6.07, 6.45) is 2.94. The molecule has 0 unspecified atom stereocenters. The first-order chi connectivity index (χ1) is 11.2. The Kier molecular flexibility index (Phi) is 4.78. The van der Waals surface area contributed by atoms with Gasteiger partial charge in [-0.3, -0.25) is 4.79 Å². The molecule has 1 heterocycles. The van der Waals surface area contributed by atoms with Crippen LogP contribution in [0.4, 0.5) is 4.39 Å². The van der Waals surface area contributed by atoms with Gasteiger partial charge in [-0.2, -0.15) is 0 Å². The number of benzene rings is 1. The Balaban J connectivity index is 1.92. The van der Waals surface area contributed by atoms with E-state index in [4.69, 9.17) is 4.74 Å². The molecule has 0 aromatic heterocycles. The molecule has 1 aromatic carbocycles. The highest BCUT2D eigenvalue weighted by Crippen LogP contribution is 2.34. The highest BCUT2D eigenvalue weighted by molar-refractivity contribution is 5.78. The van der Waals surface area contributed by atoms with E-state index in [0.29, 0.717) is 18.7 Å². The Hall–Kier alpha value is -2.12. The van der Waals surface area contributed by atoms with E-state index in [1.807, 2.05) is 6.92 Å². The zero-order valence-corrected chi connectivity index (χ0v) is 13.2. The predicted octanol–water partition coefficient (Wildman–Crippen LogP) is 2.81. The molecule has 1 saturated heterocycles. The molecule has 3 rings (SSSR count). The number of halogens is 1. The molecule has 0 bridgehead atoms. The molecule has 1 aromatic rings. The van der Waals surface area contributed by atoms with Crippen molar-refractivity contribution >= 4 is 5.97 Å². The van der Waals surface area contributed by atoms with Gasteiger partial charge in [-0.1, -0.05) is 17.9 Å². The summed E-state index contributed by atoms with van der Waals surface area (Å²) in [7, 11) is 0. The van der Waals surface area contributed by atoms with Crippen molar-refractivity contribution < 1.29 is 13.9 Å². The zero-order valence-electron chi connectivity index (χ0n) is 13.2. The third-order valence-corrected chi connectivity index (χ3v) is 4.34. The molecular weight excluding hydrogens is 293 g/mol. The molecule has 1 N–H and O–H groups in total. The second-order valence-corrected chi connectivity index (χ2v) is 5.85. The normalized spacial score (nSPS) is 23.0. The predicted molar refractivity (Wildman–Crippen MR) is 86.1 cm³/mol. The molecule has 2 aliphatic rings. The van der Waals surface area contributed by atoms with Gasteiger partial charge in [0.1, 0.15) is 5.82 Å². The number of nitrogens with one attached hydrogen (secondary N) is 1. The summed E-state index contributed by atoms with van der Waals surface area (Å²) in [6.45, 7) is 2.82. The van der Waals surface area contributed by atoms with E-state index in [0.717, 1.165) is 30.4 Å². The maximum absolute atomic E-state index is 13.2. The number of hydrogen-bond acceptors (Lipinski definition) is 3. The van der Waals surface area contributed by atoms with Crippen LogP contribution >= 0.6 is 0 Å². The molecule has 2 atom stereocenters. The summed E-state index contributed by atoms with van der Waals surface area (Å²) in [6, 6.07) is 6.49. The largest absolute Gasteiger partial charge is 0.465 e. The van der Waals surface area contributed by atoms with Gasteiger partial charge < -0.3 is 10.1 Å². The number of fused-ring (bicyclic) bond motifs is 1. The number of carbonyl (C=O) groups is 1. The Bertz CT molecular complexity index is 699. The van der Waals surface area contributed by atoms with E-state index in [1.165, 1.54) is 12.1 Å². The quantitative estimate of drug-likeness (QED) is 0.674. The third-order valence-electron chi connectivity index (χ3n) is 4.34. The van der Waals surface area contributed by atoms with Crippen LogP contribution < -0.4 is 5.32 Å². The fourth-order valence-corrected chi connectivity index (χ4v) is 3.33. The van der Waals surface area contributed by atoms with Crippen molar-refractivity contribution in [3.8, 4) is 11.8 Å². The maximum Gasteiger partial charge on any atom is 0.314 e. The Morgan fingerprint density at radius 2 is 2.30 bits per heavy atom. The van der Waals surface area contributed by atoms with Crippen LogP contribution in [0, 0.1) is 23.6 Å². The van der Waals surface area contributed by atoms with Crippen LogP contribution in [0.15, 0.2) is 35.4 Å². The SMILES string of the molecule is CCOC(=O)[C@@H]1CN[C@H]2CCCC(C#Cc3cccc(F)c3)=C12. The third kappa shape index (κ3) is 3.46. The minimum absolute atomic E-state index is 0.176. The van der Waals surface area contributed by atoms with Crippen LogP contribution in [0.1, 0.15) is 31.7 Å². The van der Waals surface area contributed by atoms with Crippen LogP contribution in [-0.4, -0.2) is 25.2 Å². The Labute approximate surface area is 135 Å². The topological polar surface area (TPSA) is 38.3 Å². The number of ether oxygens (including phenoxy) is 1. The second-order valence-electron chi connectivity index (χ2n) is 5.85. The number of allylic oxidation sites excluding steroid dienone is 1. The van der Waals surface area contributed by atoms with Crippen molar-refractivity contribution in [3.63, 3.8) is 0 Å². The van der Waals surface area contributed by atoms with E-state index in [1.54, 1.807) is 12.1 Å². The number of rotatable bonds is 2. The van der Waals surface area contributed by atoms with Crippen molar-refractivity contribution in [1.29, 1.82) is 0 Å². The van der Waals surface area contributed by atoms with Crippen LogP contribution in [-0.2, 0) is 9.53 Å². The van der Waals surface area contributed by atoms with Crippen LogP contribution in [0.2, 0.25) is 0 Å². The van der Waals surface area contributed by atoms with Crippen molar-refractivity contribution in [2.45, 2.75) is 32.2 Å². The van der Waals surface area contributed by atoms with E-state index in [2.05, 4.69) is 17.2 Å². The molecule has 120 valence electrons. The molecule has 4 heteroatoms. The zero-order chi connectivity index (χ0) is 16.2. The lowest BCUT2D eigenvalue weighted by Gasteiger charge is -2.22. The Morgan fingerprint density at radius 3 is 3.09 bits per heavy atom. The summed E-state index contributed by atoms with van der Waals surface area (Å²) < 4.78 is 18.4. The van der Waals surface area contributed by atoms with E-state index in [-0.39, 0.29) is 23.7 Å². The lowest BCUT2D eigenvalue weighted by Crippen LogP contribution is -2.25. The lowest BCUT2D eigenvalue weighted by atomic mass is 9.84. The van der Waals surface area contributed by atoms with Gasteiger partial charge in [-0.25, -0.2) is 4.39 Å². The first-order valence-corrected chi connectivity index (χ1v) is 8.09. The van der Waals surface area contributed by atoms with Crippen molar-refractivity contribution in [2.75, 3.05) is 13.2 Å². The Morgan fingerprint density at radius 1 is 1.43 bits per heavy atom. The molecule has 0 radical (unpaired) electrons. The number of esters is 1. The van der Waals surface area contributed by atoms with Gasteiger partial charge in [0.2, 0.25) is 0 Å². The summed E-state index contributed by atoms with van der Waals surface area (Å²) in [5.74, 6) is 5.51. The summed E-state index contributed by atoms with van der Waals surface area (Å²) in [5.41, 5.74) is 2.74. The molecule has 1 fully saturated rings. The second kappa shape index (κ2) is 6.97. The molecule has 23 heavy (non-hydrogen) atoms. The summed E-state index contributed by atoms with van der Waals surface area (Å²) in [5, 5.41) is 3.40. The molecule has 1 aliphatic heterocycles. The first-order valence-electron chi connectivity index (χ1n) is 8.09. The number of carbonyl (C=O) groups excluding carboxylic acids is 1. The van der Waals surface area contributed by atoms with Crippen molar-refractivity contribution in [3.05, 3.63) is 46.8 Å². The first kappa shape index (κ1) is 15.8. The molecule has 1 aliphatic carbocycles. The smallest absolute Gasteiger partial charge is 0.314 e. The van der Waals surface area contributed by atoms with Crippen molar-refractivity contribution in [2.24, 2.45) is 5.92 Å². The van der Waals surface area contributed by atoms with Gasteiger partial charge in [0.15, 0.2) is 0 Å². The maximum atomic E-state index is 13.2. The monoisotopic (exact) mass is 313 g/mol. The van der Waals surface area contributed by atoms with Gasteiger partial charge in [-0.15, -0.1) is 0 Å². The average Bonchev–Trinajstić information content (AvgIpc) is 2.98. The number of hydrogen-bond donors (Lipinski definition) is 1. The van der Waals surface area contributed by atoms with Crippen molar-refractivity contribution in [1.82, 2.24) is 5.32 Å². The van der Waals surface area contributed by atoms with E-state index in [9.17, 15) is 9.18 Å². The van der Waals surface area contributed by atoms with Gasteiger partial charge >= 0.3 is 5.97 Å². The highest BCUT2D eigenvalue weighted by Gasteiger charge is 2.38. The van der Waals surface area contributed by atoms with E-state index >= 15 is 0 Å². The molecular formula is C19H20FNO2. The summed E-state index contributed by atoms with van der Waals surface area (Å²) in [4.78, 5) is 12.2. The minimum atomic E-state index is -0.289. The fourth-order valence-electron chi connectivity index (χ4n) is 3.33. The molecule has 0 saturated carbocycles. The van der Waals surface area contributed by atoms with Gasteiger partial charge in [-0.05, 0) is 50.0 Å². The van der Waals surface area contributed by atoms with Gasteiger partial charge in [0.25, 0.3) is 0 Å². The van der Waals surface area contributed by atoms with Crippen LogP contribution in [0.5, 0.6) is 0 Å². The molecule has 0 spiro atoms. The summed E-state index contributed by atoms with van der Waals surface area (Å²) >= 11 is 0. The minimum Gasteiger partial charge on any atom is -0.465 e. The fraction of sp³-hybridized carbons (Fsp3) is 0.421. The average molecular weight is 313 g/mol. The lowest BCUT2D eigenvalue weighted by molar-refractivity contribution is -0.146. The van der Waals surface area contributed by atoms with Crippen LogP contribution in [0.3, 0.4) is 0 Å². The van der Waals surface area contributed by atoms with Gasteiger partial charge in [0, 0.05) is 23.7 Å². The van der Waals surface area contributed by atoms with Crippen LogP contribution in [0.25, 0.3) is 0 Å². The molecule has 0 amide bonds.